The van der Waals surface area contributed by atoms with Crippen molar-refractivity contribution in [1.29, 1.82) is 0 Å². The molecule has 0 saturated heterocycles. The van der Waals surface area contributed by atoms with E-state index in [2.05, 4.69) is 5.43 Å². The fraction of sp³-hybridized carbons (Fsp3) is 0.436. The number of anilines is 1. The molecule has 320 valence electrons. The summed E-state index contributed by atoms with van der Waals surface area (Å²) in [7, 11) is -12.5. The predicted octanol–water partition coefficient (Wildman–Crippen LogP) is 3.31. The van der Waals surface area contributed by atoms with E-state index in [0.717, 1.165) is 17.8 Å². The van der Waals surface area contributed by atoms with Gasteiger partial charge in [0.25, 0.3) is 21.9 Å². The molecule has 2 aromatic carbocycles. The average Bonchev–Trinajstić information content (AvgIpc) is 3.68. The Hall–Kier alpha value is -4.57. The number of benzene rings is 2. The molecule has 0 saturated carbocycles. The number of unbranched alkanes of at least 4 members (excludes halogenated alkanes) is 2. The predicted molar refractivity (Wildman–Crippen MR) is 213 cm³/mol. The summed E-state index contributed by atoms with van der Waals surface area (Å²) in [6.45, 7) is 6.75. The molecule has 2 atom stereocenters. The van der Waals surface area contributed by atoms with Crippen molar-refractivity contribution in [1.82, 2.24) is 10.4 Å². The Balaban J connectivity index is 1.54. The van der Waals surface area contributed by atoms with Crippen LogP contribution in [0.25, 0.3) is 0 Å². The van der Waals surface area contributed by atoms with Crippen LogP contribution in [0.15, 0.2) is 82.3 Å². The number of allylic oxidation sites excluding steroid dienone is 4. The van der Waals surface area contributed by atoms with Crippen molar-refractivity contribution in [3.05, 3.63) is 83.6 Å². The highest BCUT2D eigenvalue weighted by molar-refractivity contribution is 7.86. The molecule has 2 unspecified atom stereocenters. The van der Waals surface area contributed by atoms with Gasteiger partial charge in [-0.25, -0.2) is 16.8 Å². The number of fused-ring (bicyclic) bond motifs is 2. The molecule has 59 heavy (non-hydrogen) atoms. The molecule has 0 spiro atoms. The number of carbonyl (C=O) groups is 3. The Labute approximate surface area is 344 Å². The van der Waals surface area contributed by atoms with Crippen molar-refractivity contribution in [2.75, 3.05) is 37.5 Å². The molecule has 0 fully saturated rings. The van der Waals surface area contributed by atoms with E-state index in [-0.39, 0.29) is 24.2 Å². The van der Waals surface area contributed by atoms with E-state index in [1.165, 1.54) is 30.3 Å². The van der Waals surface area contributed by atoms with Crippen molar-refractivity contribution in [3.63, 3.8) is 0 Å². The monoisotopic (exact) mass is 875 g/mol. The molecule has 2 N–H and O–H groups in total. The zero-order valence-corrected chi connectivity index (χ0v) is 35.5. The fourth-order valence-electron chi connectivity index (χ4n) is 8.05. The minimum absolute atomic E-state index is 0.0101. The van der Waals surface area contributed by atoms with Gasteiger partial charge in [-0.15, -0.1) is 0 Å². The normalized spacial score (nSPS) is 21.4. The Kier molecular flexibility index (Phi) is 13.6. The van der Waals surface area contributed by atoms with Gasteiger partial charge in [0.05, 0.1) is 21.0 Å². The van der Waals surface area contributed by atoms with Gasteiger partial charge >= 0.3 is 0 Å². The number of carbonyl (C=O) groups excluding carboxylic acids is 3. The number of likely N-dealkylation sites (N-methyl/N-ethyl adjacent to an activating group) is 1. The first-order valence-corrected chi connectivity index (χ1v) is 23.3. The number of methoxy groups -OCH3 is 1. The van der Waals surface area contributed by atoms with Crippen molar-refractivity contribution < 1.29 is 62.6 Å². The fourth-order valence-corrected chi connectivity index (χ4v) is 9.55. The van der Waals surface area contributed by atoms with Crippen molar-refractivity contribution in [3.8, 4) is 0 Å². The van der Waals surface area contributed by atoms with Crippen LogP contribution in [0.2, 0.25) is 0 Å². The van der Waals surface area contributed by atoms with Gasteiger partial charge in [-0.1, -0.05) is 6.08 Å². The molecule has 17 nitrogen and oxygen atoms in total. The number of ether oxygens (including phenoxy) is 1. The van der Waals surface area contributed by atoms with Crippen LogP contribution in [0.3, 0.4) is 0 Å². The minimum Gasteiger partial charge on any atom is -0.744 e. The van der Waals surface area contributed by atoms with E-state index in [0.29, 0.717) is 78.6 Å². The Morgan fingerprint density at radius 1 is 0.881 bits per heavy atom. The van der Waals surface area contributed by atoms with E-state index in [9.17, 15) is 53.3 Å². The number of hydrogen-bond donors (Lipinski definition) is 2. The highest BCUT2D eigenvalue weighted by Crippen LogP contribution is 2.51. The second-order valence-corrected chi connectivity index (χ2v) is 19.3. The number of imide groups is 1. The molecule has 3 aliphatic heterocycles. The van der Waals surface area contributed by atoms with Crippen molar-refractivity contribution in [2.24, 2.45) is 0 Å². The number of nitrogens with zero attached hydrogens (tertiary/aromatic N) is 3. The first-order chi connectivity index (χ1) is 27.5. The summed E-state index contributed by atoms with van der Waals surface area (Å²) in [6, 6.07) is 8.27. The summed E-state index contributed by atoms with van der Waals surface area (Å²) in [6.07, 6.45) is 9.44. The number of rotatable bonds is 19. The minimum atomic E-state index is -4.90. The maximum Gasteiger partial charge on any atom is 0.272 e. The van der Waals surface area contributed by atoms with Gasteiger partial charge in [0.2, 0.25) is 11.6 Å². The van der Waals surface area contributed by atoms with Gasteiger partial charge in [0.1, 0.15) is 26.8 Å². The SMILES string of the molecule is CCN1/C(=C/C=C/C2=[N+](CCCCCC(=O)NN3C(=O)C=CC3=O)c3ccc(S(=O)(=O)[O-])cc3C2(C)CCCS(=O)(=O)O)C(C)(CCOC)c2cc(S(=O)(=O)[O-])ccc21. The van der Waals surface area contributed by atoms with Crippen molar-refractivity contribution >= 4 is 65.2 Å². The molecular weight excluding hydrogens is 829 g/mol. The molecule has 0 radical (unpaired) electrons. The third-order valence-corrected chi connectivity index (χ3v) is 13.5. The summed E-state index contributed by atoms with van der Waals surface area (Å²) < 4.78 is 113. The molecule has 0 aromatic heterocycles. The summed E-state index contributed by atoms with van der Waals surface area (Å²) in [5.74, 6) is -2.41. The highest BCUT2D eigenvalue weighted by Gasteiger charge is 2.48. The molecule has 3 heterocycles. The lowest BCUT2D eigenvalue weighted by atomic mass is 9.75. The molecule has 3 aliphatic rings. The smallest absolute Gasteiger partial charge is 0.272 e. The van der Waals surface area contributed by atoms with E-state index in [1.54, 1.807) is 32.3 Å². The number of amides is 3. The van der Waals surface area contributed by atoms with E-state index in [4.69, 9.17) is 4.74 Å². The summed E-state index contributed by atoms with van der Waals surface area (Å²) >= 11 is 0. The lowest BCUT2D eigenvalue weighted by Crippen LogP contribution is -2.45. The van der Waals surface area contributed by atoms with E-state index >= 15 is 0 Å². The first-order valence-electron chi connectivity index (χ1n) is 18.9. The Morgan fingerprint density at radius 3 is 2.10 bits per heavy atom. The number of hydrazine groups is 1. The topological polar surface area (TPSA) is 251 Å². The van der Waals surface area contributed by atoms with Crippen LogP contribution in [0.1, 0.15) is 76.8 Å². The van der Waals surface area contributed by atoms with Gasteiger partial charge in [-0.2, -0.15) is 18.0 Å². The molecule has 3 amide bonds. The van der Waals surface area contributed by atoms with Crippen LogP contribution in [0, 0.1) is 0 Å². The zero-order valence-electron chi connectivity index (χ0n) is 33.0. The number of hydrogen-bond acceptors (Lipinski definition) is 13. The van der Waals surface area contributed by atoms with Gasteiger partial charge < -0.3 is 18.7 Å². The third kappa shape index (κ3) is 9.91. The summed E-state index contributed by atoms with van der Waals surface area (Å²) in [5.41, 5.74) is 4.13. The first kappa shape index (κ1) is 45.5. The quantitative estimate of drug-likeness (QED) is 0.0890. The van der Waals surface area contributed by atoms with Crippen LogP contribution >= 0.6 is 0 Å². The van der Waals surface area contributed by atoms with Crippen LogP contribution in [0.5, 0.6) is 0 Å². The lowest BCUT2D eigenvalue weighted by Gasteiger charge is -2.29. The molecule has 2 aromatic rings. The largest absolute Gasteiger partial charge is 0.744 e. The molecule has 20 heteroatoms. The van der Waals surface area contributed by atoms with Crippen LogP contribution in [0.4, 0.5) is 11.4 Å². The molecule has 0 bridgehead atoms. The second-order valence-electron chi connectivity index (χ2n) is 14.9. The molecular formula is C39H47N4O13S3-. The maximum absolute atomic E-state index is 12.5. The zero-order chi connectivity index (χ0) is 43.6. The summed E-state index contributed by atoms with van der Waals surface area (Å²) in [4.78, 5) is 37.3. The Morgan fingerprint density at radius 2 is 1.51 bits per heavy atom. The van der Waals surface area contributed by atoms with Crippen molar-refractivity contribution in [2.45, 2.75) is 86.3 Å². The van der Waals surface area contributed by atoms with E-state index in [1.807, 2.05) is 29.4 Å². The average molecular weight is 876 g/mol. The third-order valence-electron chi connectivity index (χ3n) is 11.0. The lowest BCUT2D eigenvalue weighted by molar-refractivity contribution is -0.438. The Bertz CT molecular complexity index is 2480. The molecule has 0 aliphatic carbocycles. The van der Waals surface area contributed by atoms with Crippen LogP contribution in [-0.4, -0.2) is 104 Å². The summed E-state index contributed by atoms with van der Waals surface area (Å²) in [5, 5.41) is 0.629. The van der Waals surface area contributed by atoms with Gasteiger partial charge in [-0.3, -0.25) is 24.4 Å². The molecule has 5 rings (SSSR count). The maximum atomic E-state index is 12.5. The van der Waals surface area contributed by atoms with Gasteiger partial charge in [-0.05, 0) is 94.8 Å². The van der Waals surface area contributed by atoms with Crippen LogP contribution < -0.4 is 10.3 Å². The number of nitrogens with one attached hydrogen (secondary N) is 1. The van der Waals surface area contributed by atoms with Gasteiger partial charge in [0, 0.05) is 79.8 Å². The van der Waals surface area contributed by atoms with Gasteiger partial charge in [0.15, 0.2) is 5.71 Å². The second kappa shape index (κ2) is 17.6. The van der Waals surface area contributed by atoms with Crippen LogP contribution in [-0.2, 0) is 60.3 Å². The highest BCUT2D eigenvalue weighted by atomic mass is 32.2. The standard InChI is InChI=1S/C39H48N4O13S3/c1-5-41-31-16-14-27(58(50,51)52)25-29(31)39(3,21-23-56-4)33(41)11-9-12-34-38(2,20-10-24-57(47,48)49)30-26-28(59(53,54)55)15-17-32(30)42(34)22-8-6-7-13-35(44)40-43-36(45)18-19-37(43)46/h9,11-12,14-19,25-26H,5-8,10,13,20-24H2,1-4H3,(H3-,40,44,47,48,49,50,51,52,53,54,55)/p-1. The van der Waals surface area contributed by atoms with E-state index < -0.39 is 69.6 Å².